The molecule has 3 aromatic rings. The molecular formula is C16H16N6O4S. The lowest BCUT2D eigenvalue weighted by Crippen LogP contribution is -2.28. The Bertz CT molecular complexity index is 1000. The smallest absolute Gasteiger partial charge is 0.258 e. The van der Waals surface area contributed by atoms with Crippen LogP contribution in [0.15, 0.2) is 59.8 Å². The lowest BCUT2D eigenvalue weighted by molar-refractivity contribution is -0.123. The summed E-state index contributed by atoms with van der Waals surface area (Å²) in [6.45, 7) is 0.0881. The van der Waals surface area contributed by atoms with Gasteiger partial charge in [0.2, 0.25) is 10.0 Å². The highest BCUT2D eigenvalue weighted by Gasteiger charge is 2.08. The molecular weight excluding hydrogens is 372 g/mol. The minimum absolute atomic E-state index is 0.0195. The van der Waals surface area contributed by atoms with Crippen LogP contribution in [-0.2, 0) is 21.4 Å². The predicted octanol–water partition coefficient (Wildman–Crippen LogP) is 0.00490. The standard InChI is InChI=1S/C16H16N6O4S/c17-27(24,25)15-7-1-12(2-8-15)9-18-16(23)10-26-14-5-3-13(4-6-14)22-11-19-20-21-22/h1-8,11H,9-10H2,(H,18,23)(H2,17,24,25). The second kappa shape index (κ2) is 7.93. The van der Waals surface area contributed by atoms with E-state index in [-0.39, 0.29) is 24.0 Å². The molecule has 10 nitrogen and oxygen atoms in total. The van der Waals surface area contributed by atoms with Crippen molar-refractivity contribution in [2.24, 2.45) is 5.14 Å². The van der Waals surface area contributed by atoms with Gasteiger partial charge in [-0.3, -0.25) is 4.79 Å². The van der Waals surface area contributed by atoms with E-state index in [1.165, 1.54) is 23.1 Å². The molecule has 0 aliphatic heterocycles. The maximum atomic E-state index is 11.9. The second-order valence-electron chi connectivity index (χ2n) is 5.50. The van der Waals surface area contributed by atoms with Gasteiger partial charge in [-0.05, 0) is 52.4 Å². The number of benzene rings is 2. The van der Waals surface area contributed by atoms with Gasteiger partial charge in [0.25, 0.3) is 5.91 Å². The predicted molar refractivity (Wildman–Crippen MR) is 94.3 cm³/mol. The molecule has 0 spiro atoms. The number of tetrazole rings is 1. The summed E-state index contributed by atoms with van der Waals surface area (Å²) in [6.07, 6.45) is 1.47. The Labute approximate surface area is 155 Å². The van der Waals surface area contributed by atoms with Gasteiger partial charge in [-0.2, -0.15) is 0 Å². The summed E-state index contributed by atoms with van der Waals surface area (Å²) >= 11 is 0. The van der Waals surface area contributed by atoms with Crippen molar-refractivity contribution < 1.29 is 17.9 Å². The first-order chi connectivity index (χ1) is 12.9. The maximum Gasteiger partial charge on any atom is 0.258 e. The van der Waals surface area contributed by atoms with Crippen molar-refractivity contribution in [1.29, 1.82) is 0 Å². The van der Waals surface area contributed by atoms with Crippen LogP contribution in [-0.4, -0.2) is 41.1 Å². The third-order valence-electron chi connectivity index (χ3n) is 3.56. The number of ether oxygens (including phenoxy) is 1. The van der Waals surface area contributed by atoms with Gasteiger partial charge in [0.05, 0.1) is 10.6 Å². The molecule has 0 saturated carbocycles. The van der Waals surface area contributed by atoms with E-state index >= 15 is 0 Å². The topological polar surface area (TPSA) is 142 Å². The number of carbonyl (C=O) groups excluding carboxylic acids is 1. The van der Waals surface area contributed by atoms with Crippen LogP contribution in [0.25, 0.3) is 5.69 Å². The van der Waals surface area contributed by atoms with Crippen molar-refractivity contribution in [2.75, 3.05) is 6.61 Å². The Balaban J connectivity index is 1.47. The van der Waals surface area contributed by atoms with E-state index in [1.807, 2.05) is 0 Å². The number of aromatic nitrogens is 4. The number of amides is 1. The average molecular weight is 388 g/mol. The summed E-state index contributed by atoms with van der Waals surface area (Å²) in [6, 6.07) is 12.9. The summed E-state index contributed by atoms with van der Waals surface area (Å²) in [5.41, 5.74) is 1.50. The van der Waals surface area contributed by atoms with Crippen LogP contribution in [0.2, 0.25) is 0 Å². The summed E-state index contributed by atoms with van der Waals surface area (Å²) in [5.74, 6) is 0.217. The fourth-order valence-corrected chi connectivity index (χ4v) is 2.69. The van der Waals surface area contributed by atoms with E-state index in [0.29, 0.717) is 5.75 Å². The first-order valence-corrected chi connectivity index (χ1v) is 9.31. The van der Waals surface area contributed by atoms with Gasteiger partial charge in [-0.15, -0.1) is 5.10 Å². The van der Waals surface area contributed by atoms with Crippen LogP contribution in [0.4, 0.5) is 0 Å². The molecule has 0 atom stereocenters. The molecule has 3 N–H and O–H groups in total. The number of nitrogens with zero attached hydrogens (tertiary/aromatic N) is 4. The van der Waals surface area contributed by atoms with E-state index in [1.54, 1.807) is 36.4 Å². The van der Waals surface area contributed by atoms with Gasteiger partial charge < -0.3 is 10.1 Å². The van der Waals surface area contributed by atoms with E-state index < -0.39 is 10.0 Å². The summed E-state index contributed by atoms with van der Waals surface area (Å²) < 4.78 is 29.3. The summed E-state index contributed by atoms with van der Waals surface area (Å²) in [5, 5.41) is 18.6. The number of sulfonamides is 1. The van der Waals surface area contributed by atoms with E-state index in [9.17, 15) is 13.2 Å². The minimum atomic E-state index is -3.73. The molecule has 0 aliphatic rings. The Hall–Kier alpha value is -3.31. The van der Waals surface area contributed by atoms with Crippen molar-refractivity contribution in [3.05, 3.63) is 60.4 Å². The Kier molecular flexibility index (Phi) is 5.43. The van der Waals surface area contributed by atoms with E-state index in [2.05, 4.69) is 20.8 Å². The Morgan fingerprint density at radius 3 is 2.41 bits per heavy atom. The van der Waals surface area contributed by atoms with Crippen LogP contribution in [0, 0.1) is 0 Å². The lowest BCUT2D eigenvalue weighted by atomic mass is 10.2. The molecule has 0 saturated heterocycles. The highest BCUT2D eigenvalue weighted by atomic mass is 32.2. The fourth-order valence-electron chi connectivity index (χ4n) is 2.17. The first kappa shape index (κ1) is 18.5. The SMILES string of the molecule is NS(=O)(=O)c1ccc(CNC(=O)COc2ccc(-n3cnnn3)cc2)cc1. The zero-order valence-electron chi connectivity index (χ0n) is 14.0. The second-order valence-corrected chi connectivity index (χ2v) is 7.06. The fraction of sp³-hybridized carbons (Fsp3) is 0.125. The molecule has 0 aliphatic carbocycles. The first-order valence-electron chi connectivity index (χ1n) is 7.76. The third-order valence-corrected chi connectivity index (χ3v) is 4.49. The summed E-state index contributed by atoms with van der Waals surface area (Å²) in [7, 11) is -3.73. The van der Waals surface area contributed by atoms with Gasteiger partial charge in [-0.1, -0.05) is 12.1 Å². The number of rotatable bonds is 7. The molecule has 0 radical (unpaired) electrons. The summed E-state index contributed by atoms with van der Waals surface area (Å²) in [4.78, 5) is 11.9. The van der Waals surface area contributed by atoms with Gasteiger partial charge in [-0.25, -0.2) is 18.2 Å². The molecule has 1 heterocycles. The maximum absolute atomic E-state index is 11.9. The molecule has 2 aromatic carbocycles. The van der Waals surface area contributed by atoms with Crippen LogP contribution in [0.3, 0.4) is 0 Å². The zero-order chi connectivity index (χ0) is 19.3. The largest absolute Gasteiger partial charge is 0.484 e. The van der Waals surface area contributed by atoms with Crippen molar-refractivity contribution in [2.45, 2.75) is 11.4 Å². The van der Waals surface area contributed by atoms with Crippen molar-refractivity contribution >= 4 is 15.9 Å². The van der Waals surface area contributed by atoms with Crippen molar-refractivity contribution in [1.82, 2.24) is 25.5 Å². The molecule has 140 valence electrons. The average Bonchev–Trinajstić information content (AvgIpc) is 3.19. The Morgan fingerprint density at radius 2 is 1.81 bits per heavy atom. The normalized spacial score (nSPS) is 11.1. The quantitative estimate of drug-likeness (QED) is 0.580. The molecule has 1 amide bonds. The number of hydrogen-bond acceptors (Lipinski definition) is 7. The van der Waals surface area contributed by atoms with Gasteiger partial charge in [0.1, 0.15) is 12.1 Å². The number of nitrogens with two attached hydrogens (primary N) is 1. The number of hydrogen-bond donors (Lipinski definition) is 2. The highest BCUT2D eigenvalue weighted by Crippen LogP contribution is 2.14. The van der Waals surface area contributed by atoms with Crippen LogP contribution >= 0.6 is 0 Å². The monoisotopic (exact) mass is 388 g/mol. The van der Waals surface area contributed by atoms with E-state index in [4.69, 9.17) is 9.88 Å². The molecule has 0 bridgehead atoms. The van der Waals surface area contributed by atoms with Gasteiger partial charge in [0.15, 0.2) is 6.61 Å². The molecule has 3 rings (SSSR count). The molecule has 11 heteroatoms. The molecule has 1 aromatic heterocycles. The number of primary sulfonamides is 1. The number of nitrogens with one attached hydrogen (secondary N) is 1. The van der Waals surface area contributed by atoms with Crippen LogP contribution < -0.4 is 15.2 Å². The zero-order valence-corrected chi connectivity index (χ0v) is 14.8. The van der Waals surface area contributed by atoms with Crippen LogP contribution in [0.1, 0.15) is 5.56 Å². The van der Waals surface area contributed by atoms with Gasteiger partial charge >= 0.3 is 0 Å². The molecule has 27 heavy (non-hydrogen) atoms. The third kappa shape index (κ3) is 5.09. The number of carbonyl (C=O) groups is 1. The highest BCUT2D eigenvalue weighted by molar-refractivity contribution is 7.89. The van der Waals surface area contributed by atoms with Crippen molar-refractivity contribution in [3.8, 4) is 11.4 Å². The molecule has 0 unspecified atom stereocenters. The lowest BCUT2D eigenvalue weighted by Gasteiger charge is -2.08. The van der Waals surface area contributed by atoms with Crippen LogP contribution in [0.5, 0.6) is 5.75 Å². The minimum Gasteiger partial charge on any atom is -0.484 e. The Morgan fingerprint density at radius 1 is 1.11 bits per heavy atom. The van der Waals surface area contributed by atoms with Crippen molar-refractivity contribution in [3.63, 3.8) is 0 Å². The van der Waals surface area contributed by atoms with Gasteiger partial charge in [0, 0.05) is 6.54 Å². The molecule has 0 fully saturated rings. The van der Waals surface area contributed by atoms with E-state index in [0.717, 1.165) is 11.3 Å².